The standard InChI is InChI=1S/C17H23N5O2/c1-12-5-6-15(24-3)14(11-12)13(2)22-17(23)21-10-9-20-16-18-7-4-8-19-16/h4-8,11,13H,9-10H2,1-3H3,(H,18,19,20)(H2,21,22,23). The predicted molar refractivity (Wildman–Crippen MR) is 93.2 cm³/mol. The first-order chi connectivity index (χ1) is 11.6. The van der Waals surface area contributed by atoms with Crippen molar-refractivity contribution < 1.29 is 9.53 Å². The molecule has 1 heterocycles. The largest absolute Gasteiger partial charge is 0.496 e. The molecule has 1 atom stereocenters. The summed E-state index contributed by atoms with van der Waals surface area (Å²) in [7, 11) is 1.62. The average molecular weight is 329 g/mol. The second-order valence-corrected chi connectivity index (χ2v) is 5.37. The lowest BCUT2D eigenvalue weighted by Gasteiger charge is -2.18. The van der Waals surface area contributed by atoms with Gasteiger partial charge in [0, 0.05) is 31.0 Å². The molecule has 2 aromatic rings. The van der Waals surface area contributed by atoms with Crippen molar-refractivity contribution in [1.29, 1.82) is 0 Å². The number of methoxy groups -OCH3 is 1. The lowest BCUT2D eigenvalue weighted by atomic mass is 10.0. The highest BCUT2D eigenvalue weighted by atomic mass is 16.5. The van der Waals surface area contributed by atoms with Gasteiger partial charge in [-0.1, -0.05) is 17.7 Å². The normalized spacial score (nSPS) is 11.5. The van der Waals surface area contributed by atoms with Crippen LogP contribution in [0, 0.1) is 6.92 Å². The van der Waals surface area contributed by atoms with Gasteiger partial charge in [0.25, 0.3) is 0 Å². The molecule has 7 heteroatoms. The molecular weight excluding hydrogens is 306 g/mol. The van der Waals surface area contributed by atoms with Gasteiger partial charge in [0.2, 0.25) is 5.95 Å². The predicted octanol–water partition coefficient (Wildman–Crippen LogP) is 2.27. The van der Waals surface area contributed by atoms with Gasteiger partial charge in [-0.3, -0.25) is 0 Å². The number of aryl methyl sites for hydroxylation is 1. The van der Waals surface area contributed by atoms with Crippen LogP contribution in [-0.2, 0) is 0 Å². The minimum absolute atomic E-state index is 0.162. The number of carbonyl (C=O) groups is 1. The number of benzene rings is 1. The van der Waals surface area contributed by atoms with Crippen LogP contribution in [0.4, 0.5) is 10.7 Å². The minimum atomic E-state index is -0.234. The molecule has 1 unspecified atom stereocenters. The molecular formula is C17H23N5O2. The molecule has 24 heavy (non-hydrogen) atoms. The summed E-state index contributed by atoms with van der Waals surface area (Å²) < 4.78 is 5.35. The van der Waals surface area contributed by atoms with Crippen LogP contribution < -0.4 is 20.7 Å². The number of hydrogen-bond donors (Lipinski definition) is 3. The van der Waals surface area contributed by atoms with E-state index in [4.69, 9.17) is 4.74 Å². The maximum Gasteiger partial charge on any atom is 0.315 e. The molecule has 7 nitrogen and oxygen atoms in total. The highest BCUT2D eigenvalue weighted by Gasteiger charge is 2.14. The summed E-state index contributed by atoms with van der Waals surface area (Å²) in [5.41, 5.74) is 2.07. The van der Waals surface area contributed by atoms with Crippen molar-refractivity contribution in [2.75, 3.05) is 25.5 Å². The van der Waals surface area contributed by atoms with E-state index >= 15 is 0 Å². The molecule has 0 spiro atoms. The van der Waals surface area contributed by atoms with E-state index in [1.807, 2.05) is 32.0 Å². The summed E-state index contributed by atoms with van der Waals surface area (Å²) in [5, 5.41) is 8.73. The smallest absolute Gasteiger partial charge is 0.315 e. The molecule has 0 aliphatic heterocycles. The van der Waals surface area contributed by atoms with Crippen molar-refractivity contribution >= 4 is 12.0 Å². The van der Waals surface area contributed by atoms with Crippen molar-refractivity contribution in [3.8, 4) is 5.75 Å². The third-order valence-corrected chi connectivity index (χ3v) is 3.46. The summed E-state index contributed by atoms with van der Waals surface area (Å²) in [4.78, 5) is 20.1. The number of urea groups is 1. The zero-order valence-electron chi connectivity index (χ0n) is 14.2. The molecule has 3 N–H and O–H groups in total. The van der Waals surface area contributed by atoms with Crippen LogP contribution in [0.1, 0.15) is 24.1 Å². The van der Waals surface area contributed by atoms with E-state index in [0.717, 1.165) is 16.9 Å². The van der Waals surface area contributed by atoms with Crippen LogP contribution in [-0.4, -0.2) is 36.2 Å². The van der Waals surface area contributed by atoms with Gasteiger partial charge in [0.1, 0.15) is 5.75 Å². The highest BCUT2D eigenvalue weighted by Crippen LogP contribution is 2.25. The van der Waals surface area contributed by atoms with E-state index < -0.39 is 0 Å². The Kier molecular flexibility index (Phi) is 6.36. The van der Waals surface area contributed by atoms with Crippen molar-refractivity contribution in [1.82, 2.24) is 20.6 Å². The van der Waals surface area contributed by atoms with Crippen LogP contribution in [0.25, 0.3) is 0 Å². The number of aromatic nitrogens is 2. The summed E-state index contributed by atoms with van der Waals surface area (Å²) in [6, 6.07) is 7.25. The number of nitrogens with one attached hydrogen (secondary N) is 3. The average Bonchev–Trinajstić information content (AvgIpc) is 2.59. The second kappa shape index (κ2) is 8.71. The molecule has 0 bridgehead atoms. The Bertz CT molecular complexity index is 663. The lowest BCUT2D eigenvalue weighted by molar-refractivity contribution is 0.238. The Morgan fingerprint density at radius 2 is 2.00 bits per heavy atom. The van der Waals surface area contributed by atoms with E-state index in [1.54, 1.807) is 25.6 Å². The fraction of sp³-hybridized carbons (Fsp3) is 0.353. The quantitative estimate of drug-likeness (QED) is 0.678. The zero-order chi connectivity index (χ0) is 17.4. The summed E-state index contributed by atoms with van der Waals surface area (Å²) in [6.45, 7) is 4.93. The van der Waals surface area contributed by atoms with Crippen molar-refractivity contribution in [3.63, 3.8) is 0 Å². The number of anilines is 1. The number of rotatable bonds is 7. The Morgan fingerprint density at radius 3 is 2.71 bits per heavy atom. The third-order valence-electron chi connectivity index (χ3n) is 3.46. The van der Waals surface area contributed by atoms with Gasteiger partial charge < -0.3 is 20.7 Å². The second-order valence-electron chi connectivity index (χ2n) is 5.37. The third kappa shape index (κ3) is 5.12. The maximum atomic E-state index is 12.0. The summed E-state index contributed by atoms with van der Waals surface area (Å²) in [6.07, 6.45) is 3.32. The van der Waals surface area contributed by atoms with Crippen LogP contribution in [0.2, 0.25) is 0 Å². The number of ether oxygens (including phenoxy) is 1. The molecule has 0 fully saturated rings. The number of carbonyl (C=O) groups excluding carboxylic acids is 1. The Labute approximate surface area is 141 Å². The minimum Gasteiger partial charge on any atom is -0.496 e. The Hall–Kier alpha value is -2.83. The molecule has 0 aliphatic rings. The van der Waals surface area contributed by atoms with Gasteiger partial charge in [-0.25, -0.2) is 14.8 Å². The molecule has 1 aromatic carbocycles. The van der Waals surface area contributed by atoms with Gasteiger partial charge in [-0.15, -0.1) is 0 Å². The number of nitrogens with zero attached hydrogens (tertiary/aromatic N) is 2. The lowest BCUT2D eigenvalue weighted by Crippen LogP contribution is -2.39. The van der Waals surface area contributed by atoms with Crippen LogP contribution in [0.15, 0.2) is 36.7 Å². The van der Waals surface area contributed by atoms with Gasteiger partial charge in [0.05, 0.1) is 13.2 Å². The SMILES string of the molecule is COc1ccc(C)cc1C(C)NC(=O)NCCNc1ncccn1. The molecule has 0 saturated carbocycles. The molecule has 2 rings (SSSR count). The number of amides is 2. The number of hydrogen-bond acceptors (Lipinski definition) is 5. The topological polar surface area (TPSA) is 88.2 Å². The first-order valence-corrected chi connectivity index (χ1v) is 7.80. The van der Waals surface area contributed by atoms with E-state index in [2.05, 4.69) is 25.9 Å². The molecule has 0 saturated heterocycles. The van der Waals surface area contributed by atoms with E-state index in [0.29, 0.717) is 19.0 Å². The fourth-order valence-electron chi connectivity index (χ4n) is 2.26. The molecule has 0 aliphatic carbocycles. The van der Waals surface area contributed by atoms with E-state index in [1.165, 1.54) is 0 Å². The van der Waals surface area contributed by atoms with E-state index in [-0.39, 0.29) is 12.1 Å². The van der Waals surface area contributed by atoms with Gasteiger partial charge in [0.15, 0.2) is 0 Å². The summed E-state index contributed by atoms with van der Waals surface area (Å²) >= 11 is 0. The molecule has 0 radical (unpaired) electrons. The fourth-order valence-corrected chi connectivity index (χ4v) is 2.26. The highest BCUT2D eigenvalue weighted by molar-refractivity contribution is 5.74. The van der Waals surface area contributed by atoms with Gasteiger partial charge in [-0.2, -0.15) is 0 Å². The molecule has 128 valence electrons. The molecule has 2 amide bonds. The van der Waals surface area contributed by atoms with Gasteiger partial charge >= 0.3 is 6.03 Å². The van der Waals surface area contributed by atoms with Crippen molar-refractivity contribution in [3.05, 3.63) is 47.8 Å². The monoisotopic (exact) mass is 329 g/mol. The molecule has 1 aromatic heterocycles. The van der Waals surface area contributed by atoms with Gasteiger partial charge in [-0.05, 0) is 26.0 Å². The zero-order valence-corrected chi connectivity index (χ0v) is 14.2. The Balaban J connectivity index is 1.78. The van der Waals surface area contributed by atoms with Crippen LogP contribution in [0.3, 0.4) is 0 Å². The van der Waals surface area contributed by atoms with Crippen molar-refractivity contribution in [2.45, 2.75) is 19.9 Å². The first kappa shape index (κ1) is 17.5. The van der Waals surface area contributed by atoms with Crippen LogP contribution >= 0.6 is 0 Å². The van der Waals surface area contributed by atoms with Crippen LogP contribution in [0.5, 0.6) is 5.75 Å². The summed E-state index contributed by atoms with van der Waals surface area (Å²) in [5.74, 6) is 1.30. The van der Waals surface area contributed by atoms with Crippen molar-refractivity contribution in [2.24, 2.45) is 0 Å². The maximum absolute atomic E-state index is 12.0. The first-order valence-electron chi connectivity index (χ1n) is 7.80. The van der Waals surface area contributed by atoms with E-state index in [9.17, 15) is 4.79 Å². The Morgan fingerprint density at radius 1 is 1.25 bits per heavy atom.